The number of aryl methyl sites for hydroxylation is 1. The molecule has 0 saturated heterocycles. The molecule has 0 spiro atoms. The lowest BCUT2D eigenvalue weighted by atomic mass is 10.1. The van der Waals surface area contributed by atoms with Crippen LogP contribution >= 0.6 is 0 Å². The Balaban J connectivity index is 1.79. The summed E-state index contributed by atoms with van der Waals surface area (Å²) in [6.07, 6.45) is 4.93. The highest BCUT2D eigenvalue weighted by Crippen LogP contribution is 2.27. The Morgan fingerprint density at radius 2 is 1.77 bits per heavy atom. The number of esters is 1. The van der Waals surface area contributed by atoms with E-state index in [-0.39, 0.29) is 5.70 Å². The fourth-order valence-electron chi connectivity index (χ4n) is 3.28. The topological polar surface area (TPSA) is 66.2 Å². The van der Waals surface area contributed by atoms with Gasteiger partial charge < -0.3 is 14.0 Å². The van der Waals surface area contributed by atoms with Crippen molar-refractivity contribution in [2.24, 2.45) is 0 Å². The number of fused-ring (bicyclic) bond motifs is 1. The lowest BCUT2D eigenvalue weighted by Gasteiger charge is -2.09. The Morgan fingerprint density at radius 1 is 1.00 bits per heavy atom. The molecule has 0 aliphatic carbocycles. The van der Waals surface area contributed by atoms with Crippen LogP contribution in [-0.2, 0) is 14.3 Å². The Kier molecular flexibility index (Phi) is 5.30. The molecule has 2 aromatic carbocycles. The van der Waals surface area contributed by atoms with Crippen molar-refractivity contribution in [3.05, 3.63) is 78.8 Å². The third-order valence-corrected chi connectivity index (χ3v) is 4.84. The molecule has 30 heavy (non-hydrogen) atoms. The summed E-state index contributed by atoms with van der Waals surface area (Å²) in [5.74, 6) is 0.121. The summed E-state index contributed by atoms with van der Waals surface area (Å²) in [5, 5.41) is 0.972. The fourth-order valence-corrected chi connectivity index (χ4v) is 3.28. The monoisotopic (exact) mass is 399 g/mol. The number of ether oxygens (including phenoxy) is 2. The molecule has 6 nitrogen and oxygen atoms in total. The summed E-state index contributed by atoms with van der Waals surface area (Å²) < 4.78 is 11.7. The second-order valence-electron chi connectivity index (χ2n) is 6.82. The van der Waals surface area contributed by atoms with Gasteiger partial charge >= 0.3 is 5.97 Å². The molecule has 0 N–H and O–H groups in total. The van der Waals surface area contributed by atoms with Crippen molar-refractivity contribution in [3.63, 3.8) is 0 Å². The van der Waals surface area contributed by atoms with Crippen molar-refractivity contribution < 1.29 is 14.3 Å². The molecule has 0 aliphatic heterocycles. The van der Waals surface area contributed by atoms with Crippen LogP contribution in [0.3, 0.4) is 0 Å². The molecule has 0 fully saturated rings. The minimum atomic E-state index is -0.489. The number of benzene rings is 2. The van der Waals surface area contributed by atoms with E-state index in [9.17, 15) is 4.79 Å². The van der Waals surface area contributed by atoms with E-state index in [0.29, 0.717) is 5.82 Å². The maximum Gasteiger partial charge on any atom is 0.358 e. The molecule has 0 amide bonds. The SMILES string of the molecule is COC=C(C(=O)OC)n1ccc2ccc(-c3nccc(-c4ccc(C)cc4)n3)cc21. The zero-order valence-electron chi connectivity index (χ0n) is 17.0. The summed E-state index contributed by atoms with van der Waals surface area (Å²) in [5.41, 5.74) is 5.03. The van der Waals surface area contributed by atoms with E-state index in [2.05, 4.69) is 24.0 Å². The van der Waals surface area contributed by atoms with E-state index in [1.807, 2.05) is 42.5 Å². The average Bonchev–Trinajstić information content (AvgIpc) is 3.20. The average molecular weight is 399 g/mol. The van der Waals surface area contributed by atoms with Crippen LogP contribution in [0.15, 0.2) is 73.3 Å². The zero-order chi connectivity index (χ0) is 21.1. The Morgan fingerprint density at radius 3 is 2.50 bits per heavy atom. The van der Waals surface area contributed by atoms with Gasteiger partial charge in [-0.2, -0.15) is 0 Å². The largest absolute Gasteiger partial charge is 0.502 e. The first-order valence-corrected chi connectivity index (χ1v) is 9.44. The first-order valence-electron chi connectivity index (χ1n) is 9.44. The highest BCUT2D eigenvalue weighted by molar-refractivity contribution is 6.11. The van der Waals surface area contributed by atoms with Gasteiger partial charge in [-0.3, -0.25) is 0 Å². The van der Waals surface area contributed by atoms with Crippen LogP contribution in [0.2, 0.25) is 0 Å². The third kappa shape index (κ3) is 3.67. The number of carbonyl (C=O) groups is 1. The van der Waals surface area contributed by atoms with Gasteiger partial charge in [-0.15, -0.1) is 0 Å². The number of rotatable bonds is 5. The summed E-state index contributed by atoms with van der Waals surface area (Å²) in [6.45, 7) is 2.06. The van der Waals surface area contributed by atoms with Crippen LogP contribution in [0, 0.1) is 6.92 Å². The van der Waals surface area contributed by atoms with Crippen LogP contribution in [0.1, 0.15) is 5.56 Å². The highest BCUT2D eigenvalue weighted by atomic mass is 16.5. The van der Waals surface area contributed by atoms with E-state index in [4.69, 9.17) is 14.5 Å². The lowest BCUT2D eigenvalue weighted by molar-refractivity contribution is -0.134. The van der Waals surface area contributed by atoms with Crippen molar-refractivity contribution in [1.29, 1.82) is 0 Å². The van der Waals surface area contributed by atoms with Crippen molar-refractivity contribution in [1.82, 2.24) is 14.5 Å². The maximum absolute atomic E-state index is 12.2. The molecule has 0 atom stereocenters. The minimum Gasteiger partial charge on any atom is -0.502 e. The molecule has 0 bridgehead atoms. The summed E-state index contributed by atoms with van der Waals surface area (Å²) in [4.78, 5) is 21.4. The first kappa shape index (κ1) is 19.4. The highest BCUT2D eigenvalue weighted by Gasteiger charge is 2.16. The quantitative estimate of drug-likeness (QED) is 0.277. The molecule has 0 aliphatic rings. The van der Waals surface area contributed by atoms with E-state index in [1.165, 1.54) is 26.0 Å². The molecule has 4 aromatic rings. The molecular weight excluding hydrogens is 378 g/mol. The summed E-state index contributed by atoms with van der Waals surface area (Å²) in [7, 11) is 2.83. The fraction of sp³-hybridized carbons (Fsp3) is 0.125. The van der Waals surface area contributed by atoms with Gasteiger partial charge in [-0.05, 0) is 30.5 Å². The molecule has 150 valence electrons. The van der Waals surface area contributed by atoms with E-state index < -0.39 is 5.97 Å². The van der Waals surface area contributed by atoms with Crippen LogP contribution < -0.4 is 0 Å². The molecule has 4 rings (SSSR count). The van der Waals surface area contributed by atoms with Crippen molar-refractivity contribution in [2.75, 3.05) is 14.2 Å². The van der Waals surface area contributed by atoms with Crippen LogP contribution in [-0.4, -0.2) is 34.7 Å². The molecule has 0 unspecified atom stereocenters. The number of aromatic nitrogens is 3. The second-order valence-corrected chi connectivity index (χ2v) is 6.82. The van der Waals surface area contributed by atoms with E-state index in [0.717, 1.165) is 27.7 Å². The molecule has 2 heterocycles. The van der Waals surface area contributed by atoms with Gasteiger partial charge in [0.1, 0.15) is 6.26 Å². The Labute approximate surface area is 174 Å². The van der Waals surface area contributed by atoms with Gasteiger partial charge in [0.15, 0.2) is 11.5 Å². The zero-order valence-corrected chi connectivity index (χ0v) is 17.0. The smallest absolute Gasteiger partial charge is 0.358 e. The summed E-state index contributed by atoms with van der Waals surface area (Å²) >= 11 is 0. The van der Waals surface area contributed by atoms with E-state index >= 15 is 0 Å². The molecule has 6 heteroatoms. The van der Waals surface area contributed by atoms with Crippen LogP contribution in [0.25, 0.3) is 39.2 Å². The number of methoxy groups -OCH3 is 2. The number of nitrogens with zero attached hydrogens (tertiary/aromatic N) is 3. The van der Waals surface area contributed by atoms with Gasteiger partial charge in [0, 0.05) is 23.5 Å². The number of hydrogen-bond acceptors (Lipinski definition) is 5. The molecule has 0 saturated carbocycles. The van der Waals surface area contributed by atoms with Crippen LogP contribution in [0.4, 0.5) is 0 Å². The van der Waals surface area contributed by atoms with Crippen molar-refractivity contribution in [2.45, 2.75) is 6.92 Å². The van der Waals surface area contributed by atoms with Gasteiger partial charge in [-0.25, -0.2) is 14.8 Å². The van der Waals surface area contributed by atoms with E-state index in [1.54, 1.807) is 17.0 Å². The van der Waals surface area contributed by atoms with Gasteiger partial charge in [0.25, 0.3) is 0 Å². The van der Waals surface area contributed by atoms with Gasteiger partial charge in [0.2, 0.25) is 0 Å². The number of hydrogen-bond donors (Lipinski definition) is 0. The predicted molar refractivity (Wildman–Crippen MR) is 116 cm³/mol. The normalized spacial score (nSPS) is 11.5. The number of carbonyl (C=O) groups excluding carboxylic acids is 1. The minimum absolute atomic E-state index is 0.279. The van der Waals surface area contributed by atoms with Gasteiger partial charge in [0.05, 0.1) is 25.4 Å². The Bertz CT molecular complexity index is 1240. The maximum atomic E-state index is 12.2. The van der Waals surface area contributed by atoms with Crippen molar-refractivity contribution >= 4 is 22.6 Å². The Hall–Kier alpha value is -3.93. The molecular formula is C24H21N3O3. The van der Waals surface area contributed by atoms with Gasteiger partial charge in [-0.1, -0.05) is 42.0 Å². The predicted octanol–water partition coefficient (Wildman–Crippen LogP) is 4.69. The molecule has 0 radical (unpaired) electrons. The second kappa shape index (κ2) is 8.21. The van der Waals surface area contributed by atoms with Crippen molar-refractivity contribution in [3.8, 4) is 22.6 Å². The first-order chi connectivity index (χ1) is 14.6. The standard InChI is InChI=1S/C24H21N3O3/c1-16-4-6-17(7-5-16)20-10-12-25-23(26-20)19-9-8-18-11-13-27(21(18)14-19)22(15-29-2)24(28)30-3/h4-15H,1-3H3. The lowest BCUT2D eigenvalue weighted by Crippen LogP contribution is -2.10. The third-order valence-electron chi connectivity index (χ3n) is 4.84. The van der Waals surface area contributed by atoms with Crippen LogP contribution in [0.5, 0.6) is 0 Å². The summed E-state index contributed by atoms with van der Waals surface area (Å²) in [6, 6.07) is 17.9. The molecule has 2 aromatic heterocycles.